The van der Waals surface area contributed by atoms with Gasteiger partial charge >= 0.3 is 0 Å². The molecule has 0 saturated heterocycles. The number of fused-ring (bicyclic) bond motifs is 1. The van der Waals surface area contributed by atoms with Gasteiger partial charge in [-0.3, -0.25) is 4.79 Å². The minimum Gasteiger partial charge on any atom is -0.463 e. The van der Waals surface area contributed by atoms with Crippen LogP contribution in [0.15, 0.2) is 33.4 Å². The lowest BCUT2D eigenvalue weighted by atomic mass is 10.2. The van der Waals surface area contributed by atoms with Crippen LogP contribution in [0.2, 0.25) is 0 Å². The van der Waals surface area contributed by atoms with Crippen LogP contribution in [-0.4, -0.2) is 5.91 Å². The van der Waals surface area contributed by atoms with E-state index in [9.17, 15) is 4.79 Å². The minimum absolute atomic E-state index is 0.413. The van der Waals surface area contributed by atoms with Crippen molar-refractivity contribution < 1.29 is 9.21 Å². The molecule has 2 rings (SSSR count). The number of nitrogens with two attached hydrogens (primary N) is 1. The highest BCUT2D eigenvalue weighted by Crippen LogP contribution is 2.24. The van der Waals surface area contributed by atoms with Gasteiger partial charge in [0.05, 0.1) is 5.56 Å². The Morgan fingerprint density at radius 1 is 1.46 bits per heavy atom. The molecular formula is C9H6BrNO2. The van der Waals surface area contributed by atoms with Gasteiger partial charge in [-0.15, -0.1) is 0 Å². The van der Waals surface area contributed by atoms with Crippen LogP contribution in [0.5, 0.6) is 0 Å². The molecule has 0 spiro atoms. The van der Waals surface area contributed by atoms with Crippen LogP contribution in [0.1, 0.15) is 10.4 Å². The molecule has 0 aliphatic rings. The van der Waals surface area contributed by atoms with Crippen molar-refractivity contribution in [1.29, 1.82) is 0 Å². The summed E-state index contributed by atoms with van der Waals surface area (Å²) in [6, 6.07) is 5.43. The molecule has 0 fully saturated rings. The average molecular weight is 240 g/mol. The number of hydrogen-bond donors (Lipinski definition) is 1. The fourth-order valence-electron chi connectivity index (χ4n) is 1.19. The Kier molecular flexibility index (Phi) is 1.84. The summed E-state index contributed by atoms with van der Waals surface area (Å²) in [6.45, 7) is 0. The molecule has 1 aromatic heterocycles. The van der Waals surface area contributed by atoms with E-state index >= 15 is 0 Å². The summed E-state index contributed by atoms with van der Waals surface area (Å²) in [5.74, 6) is -0.475. The Labute approximate surface area is 82.6 Å². The lowest BCUT2D eigenvalue weighted by Crippen LogP contribution is -2.09. The first-order chi connectivity index (χ1) is 6.18. The van der Waals surface area contributed by atoms with Crippen molar-refractivity contribution in [3.8, 4) is 0 Å². The van der Waals surface area contributed by atoms with Gasteiger partial charge in [0.1, 0.15) is 11.8 Å². The fraction of sp³-hybridized carbons (Fsp3) is 0. The van der Waals surface area contributed by atoms with Gasteiger partial charge in [-0.1, -0.05) is 15.9 Å². The van der Waals surface area contributed by atoms with Crippen LogP contribution < -0.4 is 5.73 Å². The monoisotopic (exact) mass is 239 g/mol. The Morgan fingerprint density at radius 2 is 2.23 bits per heavy atom. The molecule has 4 heteroatoms. The smallest absolute Gasteiger partial charge is 0.252 e. The number of hydrogen-bond acceptors (Lipinski definition) is 2. The zero-order valence-corrected chi connectivity index (χ0v) is 8.17. The molecule has 0 saturated carbocycles. The molecule has 0 unspecified atom stereocenters. The normalized spacial score (nSPS) is 10.5. The van der Waals surface area contributed by atoms with Gasteiger partial charge in [0.25, 0.3) is 5.91 Å². The van der Waals surface area contributed by atoms with E-state index in [1.165, 1.54) is 6.26 Å². The number of amides is 1. The van der Waals surface area contributed by atoms with E-state index in [4.69, 9.17) is 10.2 Å². The summed E-state index contributed by atoms with van der Waals surface area (Å²) in [4.78, 5) is 10.9. The van der Waals surface area contributed by atoms with Crippen molar-refractivity contribution in [3.05, 3.63) is 34.5 Å². The highest BCUT2D eigenvalue weighted by atomic mass is 79.9. The third-order valence-corrected chi connectivity index (χ3v) is 2.29. The summed E-state index contributed by atoms with van der Waals surface area (Å²) in [6.07, 6.45) is 1.37. The van der Waals surface area contributed by atoms with Crippen molar-refractivity contribution in [3.63, 3.8) is 0 Å². The predicted octanol–water partition coefficient (Wildman–Crippen LogP) is 2.29. The molecule has 66 valence electrons. The summed E-state index contributed by atoms with van der Waals surface area (Å²) < 4.78 is 6.04. The number of halogens is 1. The second-order valence-electron chi connectivity index (χ2n) is 2.65. The van der Waals surface area contributed by atoms with Gasteiger partial charge < -0.3 is 10.2 Å². The van der Waals surface area contributed by atoms with Crippen LogP contribution in [0.25, 0.3) is 11.0 Å². The molecule has 2 aromatic rings. The van der Waals surface area contributed by atoms with Crippen molar-refractivity contribution in [2.45, 2.75) is 0 Å². The van der Waals surface area contributed by atoms with E-state index in [1.54, 1.807) is 12.1 Å². The number of primary amides is 1. The largest absolute Gasteiger partial charge is 0.463 e. The van der Waals surface area contributed by atoms with Crippen LogP contribution in [0.3, 0.4) is 0 Å². The summed E-state index contributed by atoms with van der Waals surface area (Å²) in [7, 11) is 0. The minimum atomic E-state index is -0.475. The molecular weight excluding hydrogens is 234 g/mol. The maximum atomic E-state index is 10.9. The first kappa shape index (κ1) is 8.31. The number of carbonyl (C=O) groups is 1. The molecule has 0 bridgehead atoms. The lowest BCUT2D eigenvalue weighted by Gasteiger charge is -1.91. The van der Waals surface area contributed by atoms with Crippen LogP contribution in [-0.2, 0) is 0 Å². The summed E-state index contributed by atoms with van der Waals surface area (Å²) in [5.41, 5.74) is 6.24. The molecule has 0 aliphatic heterocycles. The van der Waals surface area contributed by atoms with E-state index in [-0.39, 0.29) is 0 Å². The molecule has 0 radical (unpaired) electrons. The Hall–Kier alpha value is -1.29. The van der Waals surface area contributed by atoms with Crippen molar-refractivity contribution >= 4 is 32.8 Å². The Morgan fingerprint density at radius 3 is 2.92 bits per heavy atom. The summed E-state index contributed by atoms with van der Waals surface area (Å²) >= 11 is 3.31. The summed E-state index contributed by atoms with van der Waals surface area (Å²) in [5, 5.41) is 0.738. The highest BCUT2D eigenvalue weighted by molar-refractivity contribution is 9.10. The highest BCUT2D eigenvalue weighted by Gasteiger charge is 2.10. The topological polar surface area (TPSA) is 56.2 Å². The Bertz CT molecular complexity index is 475. The van der Waals surface area contributed by atoms with Gasteiger partial charge in [0.15, 0.2) is 0 Å². The third-order valence-electron chi connectivity index (χ3n) is 1.80. The third kappa shape index (κ3) is 1.33. The first-order valence-corrected chi connectivity index (χ1v) is 4.44. The van der Waals surface area contributed by atoms with Crippen molar-refractivity contribution in [2.75, 3.05) is 0 Å². The molecule has 13 heavy (non-hydrogen) atoms. The van der Waals surface area contributed by atoms with Gasteiger partial charge in [-0.05, 0) is 18.2 Å². The van der Waals surface area contributed by atoms with Crippen LogP contribution >= 0.6 is 15.9 Å². The molecule has 1 amide bonds. The van der Waals surface area contributed by atoms with Gasteiger partial charge in [0, 0.05) is 9.86 Å². The standard InChI is InChI=1S/C9H6BrNO2/c10-5-1-2-8-6(3-5)7(4-13-8)9(11)12/h1-4H,(H2,11,12). The van der Waals surface area contributed by atoms with E-state index < -0.39 is 5.91 Å². The average Bonchev–Trinajstić information content (AvgIpc) is 2.46. The van der Waals surface area contributed by atoms with Crippen LogP contribution in [0, 0.1) is 0 Å². The fourth-order valence-corrected chi connectivity index (χ4v) is 1.55. The van der Waals surface area contributed by atoms with E-state index in [1.807, 2.05) is 6.07 Å². The number of rotatable bonds is 1. The molecule has 0 atom stereocenters. The molecule has 0 aliphatic carbocycles. The van der Waals surface area contributed by atoms with Gasteiger partial charge in [-0.25, -0.2) is 0 Å². The quantitative estimate of drug-likeness (QED) is 0.831. The van der Waals surface area contributed by atoms with E-state index in [2.05, 4.69) is 15.9 Å². The SMILES string of the molecule is NC(=O)c1coc2ccc(Br)cc12. The number of carbonyl (C=O) groups excluding carboxylic acids is 1. The second kappa shape index (κ2) is 2.88. The molecule has 1 heterocycles. The maximum Gasteiger partial charge on any atom is 0.252 e. The van der Waals surface area contributed by atoms with E-state index in [0.717, 1.165) is 9.86 Å². The zero-order chi connectivity index (χ0) is 9.42. The zero-order valence-electron chi connectivity index (χ0n) is 6.58. The number of furan rings is 1. The molecule has 2 N–H and O–H groups in total. The molecule has 1 aromatic carbocycles. The lowest BCUT2D eigenvalue weighted by molar-refractivity contribution is 0.100. The first-order valence-electron chi connectivity index (χ1n) is 3.65. The Balaban J connectivity index is 2.79. The maximum absolute atomic E-state index is 10.9. The van der Waals surface area contributed by atoms with Gasteiger partial charge in [0.2, 0.25) is 0 Å². The van der Waals surface area contributed by atoms with Crippen molar-refractivity contribution in [1.82, 2.24) is 0 Å². The molecule has 3 nitrogen and oxygen atoms in total. The van der Waals surface area contributed by atoms with E-state index in [0.29, 0.717) is 11.1 Å². The second-order valence-corrected chi connectivity index (χ2v) is 3.57. The van der Waals surface area contributed by atoms with Gasteiger partial charge in [-0.2, -0.15) is 0 Å². The predicted molar refractivity (Wildman–Crippen MR) is 52.4 cm³/mol. The number of benzene rings is 1. The van der Waals surface area contributed by atoms with Crippen LogP contribution in [0.4, 0.5) is 0 Å². The van der Waals surface area contributed by atoms with Crippen molar-refractivity contribution in [2.24, 2.45) is 5.73 Å².